The van der Waals surface area contributed by atoms with E-state index in [0.29, 0.717) is 6.04 Å². The Bertz CT molecular complexity index is 473. The van der Waals surface area contributed by atoms with Crippen LogP contribution in [0.4, 0.5) is 5.82 Å². The highest BCUT2D eigenvalue weighted by Gasteiger charge is 2.26. The standard InChI is InChI=1S/C17H28N4O/c1-14(2)21-7-3-4-16(21)6-5-15-12-17(19-13-18-15)20-8-10-22-11-9-20/h12-14,16H,3-11H2,1-2H3. The molecule has 0 spiro atoms. The summed E-state index contributed by atoms with van der Waals surface area (Å²) in [5.41, 5.74) is 1.17. The lowest BCUT2D eigenvalue weighted by Gasteiger charge is -2.29. The first-order valence-corrected chi connectivity index (χ1v) is 8.63. The minimum atomic E-state index is 0.654. The number of aromatic nitrogens is 2. The Balaban J connectivity index is 1.58. The van der Waals surface area contributed by atoms with Crippen LogP contribution in [0.2, 0.25) is 0 Å². The average Bonchev–Trinajstić information content (AvgIpc) is 3.03. The zero-order chi connectivity index (χ0) is 15.4. The van der Waals surface area contributed by atoms with Gasteiger partial charge in [-0.25, -0.2) is 9.97 Å². The van der Waals surface area contributed by atoms with Crippen molar-refractivity contribution in [3.63, 3.8) is 0 Å². The fourth-order valence-electron chi connectivity index (χ4n) is 3.65. The van der Waals surface area contributed by atoms with Gasteiger partial charge in [-0.15, -0.1) is 0 Å². The zero-order valence-corrected chi connectivity index (χ0v) is 13.9. The molecule has 0 aliphatic carbocycles. The second-order valence-corrected chi connectivity index (χ2v) is 6.63. The van der Waals surface area contributed by atoms with Crippen LogP contribution in [-0.4, -0.2) is 59.8 Å². The van der Waals surface area contributed by atoms with Crippen LogP contribution in [0.25, 0.3) is 0 Å². The number of hydrogen-bond acceptors (Lipinski definition) is 5. The van der Waals surface area contributed by atoms with Gasteiger partial charge in [-0.2, -0.15) is 0 Å². The zero-order valence-electron chi connectivity index (χ0n) is 13.9. The molecule has 5 heteroatoms. The molecular formula is C17H28N4O. The van der Waals surface area contributed by atoms with Gasteiger partial charge >= 0.3 is 0 Å². The highest BCUT2D eigenvalue weighted by molar-refractivity contribution is 5.39. The van der Waals surface area contributed by atoms with Crippen molar-refractivity contribution in [1.82, 2.24) is 14.9 Å². The molecule has 2 aliphatic rings. The van der Waals surface area contributed by atoms with Crippen molar-refractivity contribution in [3.8, 4) is 0 Å². The summed E-state index contributed by atoms with van der Waals surface area (Å²) in [6.07, 6.45) is 6.64. The van der Waals surface area contributed by atoms with Gasteiger partial charge in [0.1, 0.15) is 12.1 Å². The van der Waals surface area contributed by atoms with E-state index in [2.05, 4.69) is 39.7 Å². The Kier molecular flexibility index (Phi) is 5.26. The molecule has 0 amide bonds. The van der Waals surface area contributed by atoms with E-state index in [4.69, 9.17) is 4.74 Å². The molecule has 0 N–H and O–H groups in total. The predicted octanol–water partition coefficient (Wildman–Crippen LogP) is 2.12. The molecule has 1 aromatic heterocycles. The highest BCUT2D eigenvalue weighted by atomic mass is 16.5. The van der Waals surface area contributed by atoms with Crippen molar-refractivity contribution in [2.24, 2.45) is 0 Å². The first-order valence-electron chi connectivity index (χ1n) is 8.63. The van der Waals surface area contributed by atoms with Crippen molar-refractivity contribution in [3.05, 3.63) is 18.1 Å². The Labute approximate surface area is 133 Å². The van der Waals surface area contributed by atoms with Crippen LogP contribution in [0.3, 0.4) is 0 Å². The molecule has 0 saturated carbocycles. The third-order valence-electron chi connectivity index (χ3n) is 4.86. The van der Waals surface area contributed by atoms with Gasteiger partial charge in [-0.1, -0.05) is 0 Å². The minimum absolute atomic E-state index is 0.654. The molecule has 2 aliphatic heterocycles. The first-order chi connectivity index (χ1) is 10.7. The third-order valence-corrected chi connectivity index (χ3v) is 4.86. The molecule has 5 nitrogen and oxygen atoms in total. The Morgan fingerprint density at radius 3 is 2.82 bits per heavy atom. The number of anilines is 1. The smallest absolute Gasteiger partial charge is 0.132 e. The normalized spacial score (nSPS) is 23.4. The number of aryl methyl sites for hydroxylation is 1. The van der Waals surface area contributed by atoms with Crippen molar-refractivity contribution in [1.29, 1.82) is 0 Å². The largest absolute Gasteiger partial charge is 0.378 e. The maximum atomic E-state index is 5.41. The Morgan fingerprint density at radius 2 is 2.05 bits per heavy atom. The molecular weight excluding hydrogens is 276 g/mol. The van der Waals surface area contributed by atoms with Crippen molar-refractivity contribution in [2.75, 3.05) is 37.7 Å². The van der Waals surface area contributed by atoms with Gasteiger partial charge in [0, 0.05) is 36.9 Å². The van der Waals surface area contributed by atoms with Crippen LogP contribution in [0.5, 0.6) is 0 Å². The van der Waals surface area contributed by atoms with E-state index in [1.54, 1.807) is 6.33 Å². The average molecular weight is 304 g/mol. The molecule has 2 fully saturated rings. The van der Waals surface area contributed by atoms with E-state index in [-0.39, 0.29) is 0 Å². The van der Waals surface area contributed by atoms with Crippen LogP contribution in [0.15, 0.2) is 12.4 Å². The summed E-state index contributed by atoms with van der Waals surface area (Å²) in [6, 6.07) is 3.54. The molecule has 0 aromatic carbocycles. The second kappa shape index (κ2) is 7.38. The van der Waals surface area contributed by atoms with E-state index in [1.807, 2.05) is 0 Å². The summed E-state index contributed by atoms with van der Waals surface area (Å²) >= 11 is 0. The number of likely N-dealkylation sites (tertiary alicyclic amines) is 1. The third kappa shape index (κ3) is 3.76. The molecule has 22 heavy (non-hydrogen) atoms. The first kappa shape index (κ1) is 15.7. The molecule has 1 unspecified atom stereocenters. The Hall–Kier alpha value is -1.20. The molecule has 0 radical (unpaired) electrons. The summed E-state index contributed by atoms with van der Waals surface area (Å²) in [6.45, 7) is 9.32. The molecule has 1 atom stereocenters. The van der Waals surface area contributed by atoms with Gasteiger partial charge in [0.25, 0.3) is 0 Å². The molecule has 122 valence electrons. The summed E-state index contributed by atoms with van der Waals surface area (Å²) in [5.74, 6) is 1.06. The van der Waals surface area contributed by atoms with E-state index in [1.165, 1.54) is 31.5 Å². The minimum Gasteiger partial charge on any atom is -0.378 e. The molecule has 0 bridgehead atoms. The maximum Gasteiger partial charge on any atom is 0.132 e. The number of morpholine rings is 1. The van der Waals surface area contributed by atoms with Gasteiger partial charge in [-0.3, -0.25) is 4.90 Å². The summed E-state index contributed by atoms with van der Waals surface area (Å²) in [4.78, 5) is 13.9. The molecule has 3 rings (SSSR count). The van der Waals surface area contributed by atoms with Crippen LogP contribution >= 0.6 is 0 Å². The summed E-state index contributed by atoms with van der Waals surface area (Å²) < 4.78 is 5.41. The lowest BCUT2D eigenvalue weighted by Crippen LogP contribution is -2.37. The lowest BCUT2D eigenvalue weighted by molar-refractivity contribution is 0.122. The Morgan fingerprint density at radius 1 is 1.23 bits per heavy atom. The van der Waals surface area contributed by atoms with Gasteiger partial charge < -0.3 is 9.64 Å². The molecule has 3 heterocycles. The van der Waals surface area contributed by atoms with E-state index >= 15 is 0 Å². The fourth-order valence-corrected chi connectivity index (χ4v) is 3.65. The van der Waals surface area contributed by atoms with Crippen LogP contribution < -0.4 is 4.90 Å². The van der Waals surface area contributed by atoms with Gasteiger partial charge in [-0.05, 0) is 46.1 Å². The monoisotopic (exact) mass is 304 g/mol. The number of hydrogen-bond donors (Lipinski definition) is 0. The highest BCUT2D eigenvalue weighted by Crippen LogP contribution is 2.24. The lowest BCUT2D eigenvalue weighted by atomic mass is 10.1. The predicted molar refractivity (Wildman–Crippen MR) is 88.2 cm³/mol. The van der Waals surface area contributed by atoms with E-state index < -0.39 is 0 Å². The van der Waals surface area contributed by atoms with Gasteiger partial charge in [0.2, 0.25) is 0 Å². The van der Waals surface area contributed by atoms with Gasteiger partial charge in [0.15, 0.2) is 0 Å². The topological polar surface area (TPSA) is 41.5 Å². The van der Waals surface area contributed by atoms with Crippen molar-refractivity contribution < 1.29 is 4.74 Å². The molecule has 1 aromatic rings. The van der Waals surface area contributed by atoms with Crippen LogP contribution in [0, 0.1) is 0 Å². The van der Waals surface area contributed by atoms with Gasteiger partial charge in [0.05, 0.1) is 13.2 Å². The second-order valence-electron chi connectivity index (χ2n) is 6.63. The SMILES string of the molecule is CC(C)N1CCCC1CCc1cc(N2CCOCC2)ncn1. The maximum absolute atomic E-state index is 5.41. The number of ether oxygens (including phenoxy) is 1. The van der Waals surface area contributed by atoms with Crippen LogP contribution in [0.1, 0.15) is 38.8 Å². The fraction of sp³-hybridized carbons (Fsp3) is 0.765. The van der Waals surface area contributed by atoms with Crippen molar-refractivity contribution >= 4 is 5.82 Å². The van der Waals surface area contributed by atoms with E-state index in [9.17, 15) is 0 Å². The molecule has 2 saturated heterocycles. The number of nitrogens with zero attached hydrogens (tertiary/aromatic N) is 4. The van der Waals surface area contributed by atoms with Crippen LogP contribution in [-0.2, 0) is 11.2 Å². The number of rotatable bonds is 5. The van der Waals surface area contributed by atoms with Crippen molar-refractivity contribution in [2.45, 2.75) is 51.6 Å². The summed E-state index contributed by atoms with van der Waals surface area (Å²) in [5, 5.41) is 0. The quantitative estimate of drug-likeness (QED) is 0.833. The summed E-state index contributed by atoms with van der Waals surface area (Å²) in [7, 11) is 0. The van der Waals surface area contributed by atoms with E-state index in [0.717, 1.165) is 44.6 Å².